The quantitative estimate of drug-likeness (QED) is 0.702. The highest BCUT2D eigenvalue weighted by molar-refractivity contribution is 7.92. The van der Waals surface area contributed by atoms with Crippen LogP contribution in [-0.4, -0.2) is 39.6 Å². The van der Waals surface area contributed by atoms with Crippen molar-refractivity contribution in [2.75, 3.05) is 34.3 Å². The number of carbonyl (C=O) groups excluding carboxylic acids is 2. The number of sulfonamides is 1. The molecule has 0 radical (unpaired) electrons. The molecule has 28 heavy (non-hydrogen) atoms. The Labute approximate surface area is 164 Å². The van der Waals surface area contributed by atoms with Gasteiger partial charge < -0.3 is 15.4 Å². The van der Waals surface area contributed by atoms with E-state index in [-0.39, 0.29) is 18.4 Å². The lowest BCUT2D eigenvalue weighted by molar-refractivity contribution is -0.118. The Kier molecular flexibility index (Phi) is 7.00. The van der Waals surface area contributed by atoms with Crippen LogP contribution in [0.2, 0.25) is 0 Å². The van der Waals surface area contributed by atoms with E-state index in [4.69, 9.17) is 4.74 Å². The molecule has 0 fully saturated rings. The standard InChI is InChI=1S/C19H23N3O5S/c1-4-22(28(3,25)26)17-9-11-18(12-10-17)27-13-19(24)21-16-7-5-15(6-8-16)20-14(2)23/h5-12H,4,13H2,1-3H3,(H,20,23)(H,21,24). The van der Waals surface area contributed by atoms with Crippen LogP contribution in [0.5, 0.6) is 5.75 Å². The zero-order valence-corrected chi connectivity index (χ0v) is 16.7. The smallest absolute Gasteiger partial charge is 0.262 e. The Hall–Kier alpha value is -3.07. The van der Waals surface area contributed by atoms with E-state index < -0.39 is 10.0 Å². The van der Waals surface area contributed by atoms with Crippen LogP contribution in [0.3, 0.4) is 0 Å². The van der Waals surface area contributed by atoms with E-state index in [0.717, 1.165) is 6.26 Å². The minimum atomic E-state index is -3.35. The van der Waals surface area contributed by atoms with Gasteiger partial charge in [0.1, 0.15) is 5.75 Å². The summed E-state index contributed by atoms with van der Waals surface area (Å²) in [6, 6.07) is 13.2. The number of rotatable bonds is 8. The molecule has 0 aliphatic carbocycles. The minimum absolute atomic E-state index is 0.171. The Morgan fingerprint density at radius 1 is 0.964 bits per heavy atom. The first kappa shape index (κ1) is 21.2. The van der Waals surface area contributed by atoms with Crippen LogP contribution in [-0.2, 0) is 19.6 Å². The second-order valence-corrected chi connectivity index (χ2v) is 7.92. The van der Waals surface area contributed by atoms with Crippen LogP contribution in [0.4, 0.5) is 17.1 Å². The highest BCUT2D eigenvalue weighted by Crippen LogP contribution is 2.21. The van der Waals surface area contributed by atoms with Gasteiger partial charge in [0.15, 0.2) is 6.61 Å². The molecule has 0 saturated heterocycles. The van der Waals surface area contributed by atoms with Gasteiger partial charge in [-0.1, -0.05) is 0 Å². The molecule has 0 aromatic heterocycles. The van der Waals surface area contributed by atoms with Crippen molar-refractivity contribution in [2.24, 2.45) is 0 Å². The summed E-state index contributed by atoms with van der Waals surface area (Å²) in [5, 5.41) is 5.33. The van der Waals surface area contributed by atoms with E-state index in [1.54, 1.807) is 55.5 Å². The number of nitrogens with zero attached hydrogens (tertiary/aromatic N) is 1. The molecule has 0 bridgehead atoms. The fraction of sp³-hybridized carbons (Fsp3) is 0.263. The number of hydrogen-bond donors (Lipinski definition) is 2. The van der Waals surface area contributed by atoms with E-state index in [0.29, 0.717) is 29.4 Å². The number of ether oxygens (including phenoxy) is 1. The minimum Gasteiger partial charge on any atom is -0.484 e. The normalized spacial score (nSPS) is 10.8. The van der Waals surface area contributed by atoms with E-state index in [1.165, 1.54) is 11.2 Å². The predicted molar refractivity (Wildman–Crippen MR) is 109 cm³/mol. The Balaban J connectivity index is 1.89. The zero-order chi connectivity index (χ0) is 20.7. The summed E-state index contributed by atoms with van der Waals surface area (Å²) in [6.45, 7) is 3.29. The Morgan fingerprint density at radius 2 is 1.50 bits per heavy atom. The van der Waals surface area contributed by atoms with Gasteiger partial charge in [0, 0.05) is 24.8 Å². The summed E-state index contributed by atoms with van der Waals surface area (Å²) >= 11 is 0. The Morgan fingerprint density at radius 3 is 1.96 bits per heavy atom. The fourth-order valence-corrected chi connectivity index (χ4v) is 3.48. The van der Waals surface area contributed by atoms with Gasteiger partial charge >= 0.3 is 0 Å². The first-order chi connectivity index (χ1) is 13.2. The van der Waals surface area contributed by atoms with Crippen molar-refractivity contribution in [3.8, 4) is 5.75 Å². The van der Waals surface area contributed by atoms with Gasteiger partial charge in [-0.05, 0) is 55.5 Å². The maximum Gasteiger partial charge on any atom is 0.262 e. The molecule has 2 aromatic carbocycles. The molecule has 0 unspecified atom stereocenters. The summed E-state index contributed by atoms with van der Waals surface area (Å²) in [5.74, 6) is -0.0677. The van der Waals surface area contributed by atoms with Crippen molar-refractivity contribution in [3.05, 3.63) is 48.5 Å². The largest absolute Gasteiger partial charge is 0.484 e. The van der Waals surface area contributed by atoms with Gasteiger partial charge in [-0.15, -0.1) is 0 Å². The van der Waals surface area contributed by atoms with Gasteiger partial charge in [-0.25, -0.2) is 8.42 Å². The fourth-order valence-electron chi connectivity index (χ4n) is 2.50. The molecular weight excluding hydrogens is 382 g/mol. The van der Waals surface area contributed by atoms with Crippen LogP contribution in [0, 0.1) is 0 Å². The molecule has 0 saturated carbocycles. The SMILES string of the molecule is CCN(c1ccc(OCC(=O)Nc2ccc(NC(C)=O)cc2)cc1)S(C)(=O)=O. The molecular formula is C19H23N3O5S. The van der Waals surface area contributed by atoms with Crippen LogP contribution >= 0.6 is 0 Å². The number of carbonyl (C=O) groups is 2. The third-order valence-corrected chi connectivity index (χ3v) is 4.94. The number of benzene rings is 2. The highest BCUT2D eigenvalue weighted by atomic mass is 32.2. The van der Waals surface area contributed by atoms with Gasteiger partial charge in [0.25, 0.3) is 5.91 Å². The second-order valence-electron chi connectivity index (χ2n) is 6.02. The summed E-state index contributed by atoms with van der Waals surface area (Å²) in [4.78, 5) is 23.0. The summed E-state index contributed by atoms with van der Waals surface area (Å²) < 4.78 is 30.2. The van der Waals surface area contributed by atoms with Crippen molar-refractivity contribution >= 4 is 38.9 Å². The average Bonchev–Trinajstić information content (AvgIpc) is 2.62. The van der Waals surface area contributed by atoms with Crippen LogP contribution < -0.4 is 19.7 Å². The van der Waals surface area contributed by atoms with Crippen molar-refractivity contribution < 1.29 is 22.7 Å². The van der Waals surface area contributed by atoms with E-state index in [2.05, 4.69) is 10.6 Å². The van der Waals surface area contributed by atoms with Gasteiger partial charge in [0.2, 0.25) is 15.9 Å². The van der Waals surface area contributed by atoms with Gasteiger partial charge in [-0.2, -0.15) is 0 Å². The van der Waals surface area contributed by atoms with Crippen molar-refractivity contribution in [3.63, 3.8) is 0 Å². The average molecular weight is 405 g/mol. The molecule has 0 aliphatic heterocycles. The molecule has 0 heterocycles. The number of hydrogen-bond acceptors (Lipinski definition) is 5. The van der Waals surface area contributed by atoms with Crippen molar-refractivity contribution in [2.45, 2.75) is 13.8 Å². The van der Waals surface area contributed by atoms with Crippen LogP contribution in [0.1, 0.15) is 13.8 Å². The molecule has 8 nitrogen and oxygen atoms in total. The van der Waals surface area contributed by atoms with Crippen LogP contribution in [0.15, 0.2) is 48.5 Å². The third kappa shape index (κ3) is 6.27. The Bertz CT molecular complexity index is 925. The molecule has 2 amide bonds. The topological polar surface area (TPSA) is 105 Å². The molecule has 2 aromatic rings. The summed E-state index contributed by atoms with van der Waals surface area (Å²) in [7, 11) is -3.35. The van der Waals surface area contributed by atoms with Crippen molar-refractivity contribution in [1.29, 1.82) is 0 Å². The van der Waals surface area contributed by atoms with E-state index in [9.17, 15) is 18.0 Å². The van der Waals surface area contributed by atoms with Crippen LogP contribution in [0.25, 0.3) is 0 Å². The lowest BCUT2D eigenvalue weighted by atomic mass is 10.2. The molecule has 9 heteroatoms. The highest BCUT2D eigenvalue weighted by Gasteiger charge is 2.15. The molecule has 2 rings (SSSR count). The lowest BCUT2D eigenvalue weighted by Crippen LogP contribution is -2.29. The second kappa shape index (κ2) is 9.23. The first-order valence-electron chi connectivity index (χ1n) is 8.57. The number of nitrogens with one attached hydrogen (secondary N) is 2. The third-order valence-electron chi connectivity index (χ3n) is 3.67. The molecule has 0 atom stereocenters. The lowest BCUT2D eigenvalue weighted by Gasteiger charge is -2.20. The molecule has 2 N–H and O–H groups in total. The molecule has 150 valence electrons. The summed E-state index contributed by atoms with van der Waals surface area (Å²) in [6.07, 6.45) is 1.15. The molecule has 0 aliphatic rings. The van der Waals surface area contributed by atoms with Gasteiger partial charge in [0.05, 0.1) is 11.9 Å². The van der Waals surface area contributed by atoms with E-state index in [1.807, 2.05) is 0 Å². The predicted octanol–water partition coefficient (Wildman–Crippen LogP) is 2.45. The summed E-state index contributed by atoms with van der Waals surface area (Å²) in [5.41, 5.74) is 1.74. The van der Waals surface area contributed by atoms with E-state index >= 15 is 0 Å². The number of amides is 2. The maximum absolute atomic E-state index is 12.0. The monoisotopic (exact) mass is 405 g/mol. The first-order valence-corrected chi connectivity index (χ1v) is 10.4. The zero-order valence-electron chi connectivity index (χ0n) is 15.9. The van der Waals surface area contributed by atoms with Crippen molar-refractivity contribution in [1.82, 2.24) is 0 Å². The molecule has 0 spiro atoms. The van der Waals surface area contributed by atoms with Gasteiger partial charge in [-0.3, -0.25) is 13.9 Å². The maximum atomic E-state index is 12.0. The number of anilines is 3.